The average molecular weight is 325 g/mol. The number of aliphatic imine (C=N–C) groups is 1. The third kappa shape index (κ3) is 6.93. The van der Waals surface area contributed by atoms with Gasteiger partial charge in [0.15, 0.2) is 5.96 Å². The number of rotatable bonds is 7. The van der Waals surface area contributed by atoms with Crippen LogP contribution in [0.2, 0.25) is 0 Å². The summed E-state index contributed by atoms with van der Waals surface area (Å²) in [7, 11) is 0.806. The number of nitrogens with one attached hydrogen (secondary N) is 1. The molecule has 1 N–H and O–H groups in total. The minimum Gasteiger partial charge on any atom is -0.356 e. The molecule has 1 aromatic rings. The topological polar surface area (TPSA) is 61.8 Å². The molecule has 0 atom stereocenters. The van der Waals surface area contributed by atoms with Gasteiger partial charge in [-0.1, -0.05) is 31.2 Å². The highest BCUT2D eigenvalue weighted by Gasteiger charge is 2.07. The van der Waals surface area contributed by atoms with Gasteiger partial charge in [0.25, 0.3) is 0 Å². The summed E-state index contributed by atoms with van der Waals surface area (Å²) in [4.78, 5) is 6.26. The molecule has 0 aliphatic carbocycles. The number of nitrogens with zero attached hydrogens (tertiary/aromatic N) is 2. The summed E-state index contributed by atoms with van der Waals surface area (Å²) in [6.45, 7) is 3.50. The fraction of sp³-hybridized carbons (Fsp3) is 0.562. The Balaban J connectivity index is 2.48. The van der Waals surface area contributed by atoms with Gasteiger partial charge in [0, 0.05) is 33.4 Å². The summed E-state index contributed by atoms with van der Waals surface area (Å²) in [5.74, 6) is 0.965. The lowest BCUT2D eigenvalue weighted by molar-refractivity contribution is 0.476. The maximum absolute atomic E-state index is 11.1. The van der Waals surface area contributed by atoms with Gasteiger partial charge < -0.3 is 10.2 Å². The van der Waals surface area contributed by atoms with Crippen LogP contribution in [-0.2, 0) is 22.8 Å². The molecule has 0 saturated carbocycles. The van der Waals surface area contributed by atoms with Crippen molar-refractivity contribution in [2.45, 2.75) is 26.3 Å². The lowest BCUT2D eigenvalue weighted by Crippen LogP contribution is -2.39. The first-order chi connectivity index (χ1) is 10.4. The zero-order chi connectivity index (χ0) is 16.6. The summed E-state index contributed by atoms with van der Waals surface area (Å²) in [5.41, 5.74) is 2.55. The first kappa shape index (κ1) is 18.5. The Morgan fingerprint density at radius 2 is 1.82 bits per heavy atom. The Bertz CT molecular complexity index is 580. The van der Waals surface area contributed by atoms with Crippen LogP contribution in [-0.4, -0.2) is 51.9 Å². The van der Waals surface area contributed by atoms with Crippen LogP contribution < -0.4 is 5.32 Å². The summed E-state index contributed by atoms with van der Waals surface area (Å²) < 4.78 is 22.2. The number of benzene rings is 1. The molecule has 0 fully saturated rings. The molecule has 6 heteroatoms. The van der Waals surface area contributed by atoms with E-state index in [0.717, 1.165) is 18.9 Å². The Labute approximate surface area is 134 Å². The van der Waals surface area contributed by atoms with E-state index in [0.29, 0.717) is 13.0 Å². The molecular weight excluding hydrogens is 298 g/mol. The van der Waals surface area contributed by atoms with Crippen molar-refractivity contribution in [1.82, 2.24) is 10.2 Å². The smallest absolute Gasteiger partial charge is 0.193 e. The van der Waals surface area contributed by atoms with Crippen molar-refractivity contribution in [3.8, 4) is 0 Å². The van der Waals surface area contributed by atoms with Crippen LogP contribution in [0.5, 0.6) is 0 Å². The third-order valence-corrected chi connectivity index (χ3v) is 4.43. The highest BCUT2D eigenvalue weighted by atomic mass is 32.2. The van der Waals surface area contributed by atoms with Gasteiger partial charge in [-0.3, -0.25) is 4.99 Å². The second-order valence-corrected chi connectivity index (χ2v) is 7.74. The van der Waals surface area contributed by atoms with Crippen molar-refractivity contribution < 1.29 is 8.42 Å². The van der Waals surface area contributed by atoms with E-state index < -0.39 is 9.84 Å². The van der Waals surface area contributed by atoms with Crippen molar-refractivity contribution in [2.75, 3.05) is 32.6 Å². The molecule has 0 heterocycles. The van der Waals surface area contributed by atoms with E-state index in [2.05, 4.69) is 41.5 Å². The molecule has 0 amide bonds. The number of hydrogen-bond donors (Lipinski definition) is 1. The molecule has 0 spiro atoms. The molecule has 0 aliphatic heterocycles. The Hall–Kier alpha value is -1.56. The van der Waals surface area contributed by atoms with Gasteiger partial charge in [-0.05, 0) is 24.0 Å². The Kier molecular flexibility index (Phi) is 7.38. The minimum absolute atomic E-state index is 0.194. The van der Waals surface area contributed by atoms with Crippen LogP contribution in [0, 0.1) is 0 Å². The largest absolute Gasteiger partial charge is 0.356 e. The fourth-order valence-electron chi connectivity index (χ4n) is 2.15. The highest BCUT2D eigenvalue weighted by Crippen LogP contribution is 2.07. The lowest BCUT2D eigenvalue weighted by atomic mass is 10.1. The minimum atomic E-state index is -2.90. The van der Waals surface area contributed by atoms with Crippen LogP contribution in [0.25, 0.3) is 0 Å². The number of hydrogen-bond acceptors (Lipinski definition) is 3. The van der Waals surface area contributed by atoms with Crippen LogP contribution in [0.15, 0.2) is 29.3 Å². The van der Waals surface area contributed by atoms with E-state index in [1.807, 2.05) is 11.9 Å². The molecular formula is C16H27N3O2S. The SMILES string of the molecule is CCc1ccc(CN(C)C(=NC)NCCCS(C)(=O)=O)cc1. The van der Waals surface area contributed by atoms with E-state index >= 15 is 0 Å². The predicted molar refractivity (Wildman–Crippen MR) is 93.0 cm³/mol. The molecule has 1 aromatic carbocycles. The van der Waals surface area contributed by atoms with Gasteiger partial charge in [-0.2, -0.15) is 0 Å². The summed E-state index contributed by atoms with van der Waals surface area (Å²) in [6.07, 6.45) is 2.88. The first-order valence-corrected chi connectivity index (χ1v) is 9.59. The number of sulfone groups is 1. The zero-order valence-corrected chi connectivity index (χ0v) is 14.8. The maximum atomic E-state index is 11.1. The van der Waals surface area contributed by atoms with Gasteiger partial charge in [0.2, 0.25) is 0 Å². The van der Waals surface area contributed by atoms with Crippen molar-refractivity contribution >= 4 is 15.8 Å². The molecule has 0 aromatic heterocycles. The molecule has 0 unspecified atom stereocenters. The van der Waals surface area contributed by atoms with Gasteiger partial charge in [0.05, 0.1) is 5.75 Å². The molecule has 0 saturated heterocycles. The fourth-order valence-corrected chi connectivity index (χ4v) is 2.82. The van der Waals surface area contributed by atoms with Crippen LogP contribution in [0.4, 0.5) is 0 Å². The molecule has 0 radical (unpaired) electrons. The second kappa shape index (κ2) is 8.78. The van der Waals surface area contributed by atoms with E-state index in [-0.39, 0.29) is 5.75 Å². The Morgan fingerprint density at radius 3 is 2.32 bits per heavy atom. The second-order valence-electron chi connectivity index (χ2n) is 5.48. The summed E-state index contributed by atoms with van der Waals surface area (Å²) in [6, 6.07) is 8.55. The molecule has 22 heavy (non-hydrogen) atoms. The van der Waals surface area contributed by atoms with E-state index in [4.69, 9.17) is 0 Å². The lowest BCUT2D eigenvalue weighted by Gasteiger charge is -2.22. The van der Waals surface area contributed by atoms with Crippen LogP contribution in [0.3, 0.4) is 0 Å². The third-order valence-electron chi connectivity index (χ3n) is 3.40. The zero-order valence-electron chi connectivity index (χ0n) is 14.0. The van der Waals surface area contributed by atoms with Crippen molar-refractivity contribution in [3.63, 3.8) is 0 Å². The van der Waals surface area contributed by atoms with Crippen molar-refractivity contribution in [3.05, 3.63) is 35.4 Å². The molecule has 1 rings (SSSR count). The Morgan fingerprint density at radius 1 is 1.23 bits per heavy atom. The normalized spacial score (nSPS) is 12.3. The van der Waals surface area contributed by atoms with Crippen LogP contribution >= 0.6 is 0 Å². The van der Waals surface area contributed by atoms with Gasteiger partial charge in [0.1, 0.15) is 9.84 Å². The highest BCUT2D eigenvalue weighted by molar-refractivity contribution is 7.90. The van der Waals surface area contributed by atoms with E-state index in [1.165, 1.54) is 17.4 Å². The molecule has 5 nitrogen and oxygen atoms in total. The predicted octanol–water partition coefficient (Wildman–Crippen LogP) is 1.69. The van der Waals surface area contributed by atoms with Crippen molar-refractivity contribution in [1.29, 1.82) is 0 Å². The molecule has 0 aliphatic rings. The van der Waals surface area contributed by atoms with Crippen LogP contribution in [0.1, 0.15) is 24.5 Å². The summed E-state index contributed by atoms with van der Waals surface area (Å²) in [5, 5.41) is 3.20. The first-order valence-electron chi connectivity index (χ1n) is 7.53. The molecule has 124 valence electrons. The molecule has 0 bridgehead atoms. The number of guanidine groups is 1. The number of aryl methyl sites for hydroxylation is 1. The van der Waals surface area contributed by atoms with E-state index in [9.17, 15) is 8.42 Å². The van der Waals surface area contributed by atoms with Gasteiger partial charge >= 0.3 is 0 Å². The van der Waals surface area contributed by atoms with Gasteiger partial charge in [-0.15, -0.1) is 0 Å². The van der Waals surface area contributed by atoms with Crippen molar-refractivity contribution in [2.24, 2.45) is 4.99 Å². The quantitative estimate of drug-likeness (QED) is 0.471. The monoisotopic (exact) mass is 325 g/mol. The van der Waals surface area contributed by atoms with E-state index in [1.54, 1.807) is 7.05 Å². The standard InChI is InChI=1S/C16H27N3O2S/c1-5-14-7-9-15(10-8-14)13-19(3)16(17-2)18-11-6-12-22(4,20)21/h7-10H,5-6,11-13H2,1-4H3,(H,17,18). The van der Waals surface area contributed by atoms with Gasteiger partial charge in [-0.25, -0.2) is 8.42 Å². The average Bonchev–Trinajstić information content (AvgIpc) is 2.47. The summed E-state index contributed by atoms with van der Waals surface area (Å²) >= 11 is 0. The maximum Gasteiger partial charge on any atom is 0.193 e.